The predicted octanol–water partition coefficient (Wildman–Crippen LogP) is 3.39. The summed E-state index contributed by atoms with van der Waals surface area (Å²) in [5.74, 6) is 1.94. The monoisotopic (exact) mass is 496 g/mol. The zero-order valence-electron chi connectivity index (χ0n) is 21.4. The molecule has 3 aromatic heterocycles. The molecule has 2 fully saturated rings. The Morgan fingerprint density at radius 3 is 2.43 bits per heavy atom. The number of hydrogen-bond acceptors (Lipinski definition) is 7. The van der Waals surface area contributed by atoms with Crippen molar-refractivity contribution in [3.05, 3.63) is 66.1 Å². The third-order valence-corrected chi connectivity index (χ3v) is 7.62. The molecule has 4 aromatic rings. The molecule has 190 valence electrons. The number of pyridine rings is 1. The molecule has 1 amide bonds. The molecule has 0 bridgehead atoms. The van der Waals surface area contributed by atoms with Crippen molar-refractivity contribution in [2.75, 3.05) is 49.1 Å². The number of para-hydroxylation sites is 1. The fourth-order valence-corrected chi connectivity index (χ4v) is 5.67. The molecule has 2 aliphatic heterocycles. The molecule has 1 unspecified atom stereocenters. The molecule has 6 rings (SSSR count). The lowest BCUT2D eigenvalue weighted by Gasteiger charge is -2.39. The van der Waals surface area contributed by atoms with Gasteiger partial charge in [0.15, 0.2) is 5.82 Å². The Labute approximate surface area is 216 Å². The Balaban J connectivity index is 1.21. The van der Waals surface area contributed by atoms with E-state index in [0.717, 1.165) is 85.2 Å². The van der Waals surface area contributed by atoms with Gasteiger partial charge in [-0.1, -0.05) is 24.3 Å². The normalized spacial score (nSPS) is 18.4. The van der Waals surface area contributed by atoms with Crippen LogP contribution in [-0.2, 0) is 4.79 Å². The van der Waals surface area contributed by atoms with Crippen LogP contribution in [0.15, 0.2) is 54.7 Å². The average molecular weight is 497 g/mol. The van der Waals surface area contributed by atoms with Gasteiger partial charge in [0.1, 0.15) is 11.3 Å². The predicted molar refractivity (Wildman–Crippen MR) is 144 cm³/mol. The Hall–Kier alpha value is -4.01. The van der Waals surface area contributed by atoms with Gasteiger partial charge >= 0.3 is 0 Å². The lowest BCUT2D eigenvalue weighted by Crippen LogP contribution is -2.52. The topological polar surface area (TPSA) is 83.3 Å². The van der Waals surface area contributed by atoms with Gasteiger partial charge in [-0.05, 0) is 51.0 Å². The molecule has 0 spiro atoms. The van der Waals surface area contributed by atoms with Gasteiger partial charge in [0.2, 0.25) is 5.91 Å². The summed E-state index contributed by atoms with van der Waals surface area (Å²) in [5.41, 5.74) is 3.78. The summed E-state index contributed by atoms with van der Waals surface area (Å²) in [4.78, 5) is 24.5. The molecular formula is C28H32N8O. The van der Waals surface area contributed by atoms with E-state index < -0.39 is 0 Å². The number of aromatic nitrogens is 5. The van der Waals surface area contributed by atoms with Crippen molar-refractivity contribution in [3.63, 3.8) is 0 Å². The fraction of sp³-hybridized carbons (Fsp3) is 0.393. The second-order valence-corrected chi connectivity index (χ2v) is 9.95. The molecule has 2 saturated heterocycles. The quantitative estimate of drug-likeness (QED) is 0.428. The van der Waals surface area contributed by atoms with Crippen LogP contribution in [0.2, 0.25) is 0 Å². The minimum absolute atomic E-state index is 0.0504. The van der Waals surface area contributed by atoms with Gasteiger partial charge in [0, 0.05) is 45.5 Å². The fourth-order valence-electron chi connectivity index (χ4n) is 5.67. The van der Waals surface area contributed by atoms with Crippen molar-refractivity contribution in [1.82, 2.24) is 29.9 Å². The highest BCUT2D eigenvalue weighted by Gasteiger charge is 2.33. The molecular weight excluding hydrogens is 464 g/mol. The number of carbonyl (C=O) groups is 1. The van der Waals surface area contributed by atoms with E-state index in [2.05, 4.69) is 44.0 Å². The first-order chi connectivity index (χ1) is 18.1. The second kappa shape index (κ2) is 9.80. The van der Waals surface area contributed by atoms with Crippen LogP contribution in [-0.4, -0.2) is 75.0 Å². The van der Waals surface area contributed by atoms with E-state index >= 15 is 0 Å². The highest BCUT2D eigenvalue weighted by Crippen LogP contribution is 2.32. The number of piperidine rings is 1. The zero-order valence-corrected chi connectivity index (χ0v) is 21.4. The summed E-state index contributed by atoms with van der Waals surface area (Å²) < 4.78 is 1.97. The van der Waals surface area contributed by atoms with Crippen molar-refractivity contribution in [2.45, 2.75) is 26.7 Å². The number of anilines is 2. The lowest BCUT2D eigenvalue weighted by atomic mass is 9.96. The highest BCUT2D eigenvalue weighted by atomic mass is 16.2. The van der Waals surface area contributed by atoms with E-state index in [9.17, 15) is 4.79 Å². The van der Waals surface area contributed by atoms with Gasteiger partial charge in [-0.25, -0.2) is 9.67 Å². The third kappa shape index (κ3) is 4.39. The number of amides is 1. The number of carbonyl (C=O) groups excluding carboxylic acids is 1. The van der Waals surface area contributed by atoms with Gasteiger partial charge in [-0.15, -0.1) is 5.10 Å². The van der Waals surface area contributed by atoms with Gasteiger partial charge in [-0.3, -0.25) is 4.79 Å². The molecule has 5 heterocycles. The van der Waals surface area contributed by atoms with Crippen LogP contribution in [0.1, 0.15) is 24.2 Å². The molecule has 2 aliphatic rings. The molecule has 1 aromatic carbocycles. The summed E-state index contributed by atoms with van der Waals surface area (Å²) in [6.45, 7) is 8.61. The molecule has 0 N–H and O–H groups in total. The number of rotatable bonds is 4. The third-order valence-electron chi connectivity index (χ3n) is 7.62. The summed E-state index contributed by atoms with van der Waals surface area (Å²) >= 11 is 0. The molecule has 9 heteroatoms. The first-order valence-electron chi connectivity index (χ1n) is 13.1. The summed E-state index contributed by atoms with van der Waals surface area (Å²) in [7, 11) is 0. The zero-order chi connectivity index (χ0) is 25.4. The first-order valence-corrected chi connectivity index (χ1v) is 13.1. The number of piperazine rings is 1. The van der Waals surface area contributed by atoms with E-state index in [1.807, 2.05) is 59.1 Å². The highest BCUT2D eigenvalue weighted by molar-refractivity contribution is 5.92. The Kier molecular flexibility index (Phi) is 6.20. The molecule has 1 atom stereocenters. The smallest absolute Gasteiger partial charge is 0.227 e. The van der Waals surface area contributed by atoms with E-state index in [4.69, 9.17) is 5.10 Å². The van der Waals surface area contributed by atoms with Crippen LogP contribution >= 0.6 is 0 Å². The molecule has 9 nitrogen and oxygen atoms in total. The van der Waals surface area contributed by atoms with Crippen LogP contribution < -0.4 is 9.80 Å². The van der Waals surface area contributed by atoms with Gasteiger partial charge in [0.05, 0.1) is 28.4 Å². The minimum atomic E-state index is -0.0504. The van der Waals surface area contributed by atoms with E-state index in [1.165, 1.54) is 0 Å². The second-order valence-electron chi connectivity index (χ2n) is 9.95. The van der Waals surface area contributed by atoms with E-state index in [1.54, 1.807) is 0 Å². The molecule has 0 radical (unpaired) electrons. The van der Waals surface area contributed by atoms with Crippen molar-refractivity contribution in [3.8, 4) is 5.69 Å². The van der Waals surface area contributed by atoms with Gasteiger partial charge in [0.25, 0.3) is 0 Å². The Morgan fingerprint density at radius 1 is 0.892 bits per heavy atom. The first kappa shape index (κ1) is 23.4. The Bertz CT molecular complexity index is 1400. The van der Waals surface area contributed by atoms with Crippen LogP contribution in [0.3, 0.4) is 0 Å². The largest absolute Gasteiger partial charge is 0.353 e. The van der Waals surface area contributed by atoms with Crippen molar-refractivity contribution < 1.29 is 4.79 Å². The summed E-state index contributed by atoms with van der Waals surface area (Å²) in [5, 5.41) is 15.1. The van der Waals surface area contributed by atoms with Crippen LogP contribution in [0.5, 0.6) is 0 Å². The van der Waals surface area contributed by atoms with Crippen LogP contribution in [0, 0.1) is 19.8 Å². The summed E-state index contributed by atoms with van der Waals surface area (Å²) in [6.07, 6.45) is 3.66. The van der Waals surface area contributed by atoms with Crippen molar-refractivity contribution in [2.24, 2.45) is 5.92 Å². The lowest BCUT2D eigenvalue weighted by molar-refractivity contribution is -0.136. The number of aryl methyl sites for hydroxylation is 2. The summed E-state index contributed by atoms with van der Waals surface area (Å²) in [6, 6.07) is 16.1. The maximum Gasteiger partial charge on any atom is 0.227 e. The molecule has 37 heavy (non-hydrogen) atoms. The molecule has 0 aliphatic carbocycles. The average Bonchev–Trinajstić information content (AvgIpc) is 3.32. The number of fused-ring (bicyclic) bond motifs is 1. The van der Waals surface area contributed by atoms with Crippen molar-refractivity contribution in [1.29, 1.82) is 0 Å². The van der Waals surface area contributed by atoms with Gasteiger partial charge in [-0.2, -0.15) is 10.2 Å². The SMILES string of the molecule is Cc1nnc(N2CCCC(C(=O)N3CCN(c4ccccn4)CC3)C2)c2nn(-c3ccccc3)c(C)c12. The maximum atomic E-state index is 13.5. The number of hydrogen-bond donors (Lipinski definition) is 0. The van der Waals surface area contributed by atoms with E-state index in [-0.39, 0.29) is 11.8 Å². The van der Waals surface area contributed by atoms with Crippen molar-refractivity contribution >= 4 is 28.4 Å². The van der Waals surface area contributed by atoms with Crippen LogP contribution in [0.4, 0.5) is 11.6 Å². The van der Waals surface area contributed by atoms with Gasteiger partial charge < -0.3 is 14.7 Å². The van der Waals surface area contributed by atoms with E-state index in [0.29, 0.717) is 6.54 Å². The number of benzene rings is 1. The number of nitrogens with zero attached hydrogens (tertiary/aromatic N) is 8. The standard InChI is InChI=1S/C28H32N8O/c1-20-25-21(2)36(23-10-4-3-5-11-23)32-26(25)27(31-30-20)35-14-8-9-22(19-35)28(37)34-17-15-33(16-18-34)24-12-6-7-13-29-24/h3-7,10-13,22H,8-9,14-19H2,1-2H3. The molecule has 0 saturated carbocycles. The minimum Gasteiger partial charge on any atom is -0.353 e. The Morgan fingerprint density at radius 2 is 1.68 bits per heavy atom. The van der Waals surface area contributed by atoms with Crippen LogP contribution in [0.25, 0.3) is 16.6 Å². The maximum absolute atomic E-state index is 13.5.